The van der Waals surface area contributed by atoms with Gasteiger partial charge in [-0.1, -0.05) is 65.9 Å². The van der Waals surface area contributed by atoms with Crippen molar-refractivity contribution in [2.75, 3.05) is 6.61 Å². The SMILES string of the molecule is CCOC(=O)C1=C(c2ccccc2)N=c2s/c(=C/c3ccc(OC(F)F)cc3)c(=O)n2[C@@H]1c1ccc(F)cc1. The van der Waals surface area contributed by atoms with Crippen LogP contribution in [0.4, 0.5) is 13.2 Å². The van der Waals surface area contributed by atoms with E-state index in [-0.39, 0.29) is 17.9 Å². The Kier molecular flexibility index (Phi) is 7.47. The summed E-state index contributed by atoms with van der Waals surface area (Å²) in [4.78, 5) is 32.2. The Balaban J connectivity index is 1.74. The number of carbonyl (C=O) groups excluding carboxylic acids is 1. The second-order valence-corrected chi connectivity index (χ2v) is 9.44. The van der Waals surface area contributed by atoms with Gasteiger partial charge in [-0.15, -0.1) is 0 Å². The zero-order valence-electron chi connectivity index (χ0n) is 20.5. The van der Waals surface area contributed by atoms with Gasteiger partial charge in [-0.05, 0) is 48.4 Å². The number of carbonyl (C=O) groups is 1. The summed E-state index contributed by atoms with van der Waals surface area (Å²) in [7, 11) is 0. The first-order chi connectivity index (χ1) is 18.9. The molecular weight excluding hydrogens is 529 g/mol. The lowest BCUT2D eigenvalue weighted by atomic mass is 9.93. The molecule has 2 heterocycles. The predicted octanol–water partition coefficient (Wildman–Crippen LogP) is 4.68. The van der Waals surface area contributed by atoms with Gasteiger partial charge in [0.15, 0.2) is 4.80 Å². The Morgan fingerprint density at radius 2 is 1.74 bits per heavy atom. The van der Waals surface area contributed by atoms with Gasteiger partial charge in [0.1, 0.15) is 11.6 Å². The molecule has 0 unspecified atom stereocenters. The molecule has 3 aromatic carbocycles. The molecule has 1 aromatic heterocycles. The number of ether oxygens (including phenoxy) is 2. The van der Waals surface area contributed by atoms with Crippen LogP contribution >= 0.6 is 11.3 Å². The number of hydrogen-bond donors (Lipinski definition) is 0. The Morgan fingerprint density at radius 3 is 2.38 bits per heavy atom. The van der Waals surface area contributed by atoms with E-state index < -0.39 is 30.0 Å². The van der Waals surface area contributed by atoms with E-state index in [4.69, 9.17) is 9.73 Å². The molecule has 0 spiro atoms. The van der Waals surface area contributed by atoms with Crippen molar-refractivity contribution >= 4 is 29.1 Å². The summed E-state index contributed by atoms with van der Waals surface area (Å²) in [6.45, 7) is -1.16. The monoisotopic (exact) mass is 550 g/mol. The van der Waals surface area contributed by atoms with E-state index in [0.717, 1.165) is 11.3 Å². The number of nitrogens with zero attached hydrogens (tertiary/aromatic N) is 2. The average Bonchev–Trinajstić information content (AvgIpc) is 3.24. The fraction of sp³-hybridized carbons (Fsp3) is 0.138. The van der Waals surface area contributed by atoms with E-state index >= 15 is 0 Å². The van der Waals surface area contributed by atoms with Crippen molar-refractivity contribution in [2.24, 2.45) is 4.99 Å². The van der Waals surface area contributed by atoms with E-state index in [0.29, 0.717) is 31.7 Å². The van der Waals surface area contributed by atoms with Crippen molar-refractivity contribution in [1.82, 2.24) is 4.57 Å². The largest absolute Gasteiger partial charge is 0.463 e. The molecule has 0 aliphatic carbocycles. The molecule has 198 valence electrons. The first-order valence-corrected chi connectivity index (χ1v) is 12.8. The predicted molar refractivity (Wildman–Crippen MR) is 141 cm³/mol. The Morgan fingerprint density at radius 1 is 1.05 bits per heavy atom. The molecule has 39 heavy (non-hydrogen) atoms. The maximum atomic E-state index is 13.8. The lowest BCUT2D eigenvalue weighted by Crippen LogP contribution is -2.40. The Hall–Kier alpha value is -4.44. The number of rotatable bonds is 7. The zero-order chi connectivity index (χ0) is 27.5. The smallest absolute Gasteiger partial charge is 0.387 e. The first-order valence-electron chi connectivity index (χ1n) is 11.9. The van der Waals surface area contributed by atoms with Crippen molar-refractivity contribution in [3.05, 3.63) is 127 Å². The summed E-state index contributed by atoms with van der Waals surface area (Å²) in [5.74, 6) is -1.11. The van der Waals surface area contributed by atoms with Crippen LogP contribution in [0, 0.1) is 5.82 Å². The fourth-order valence-electron chi connectivity index (χ4n) is 4.30. The normalized spacial score (nSPS) is 15.2. The molecule has 4 aromatic rings. The molecule has 0 radical (unpaired) electrons. The van der Waals surface area contributed by atoms with Gasteiger partial charge in [0.2, 0.25) is 0 Å². The standard InChI is InChI=1S/C29H21F3N2O4S/c1-2-37-27(36)23-24(18-6-4-3-5-7-18)33-29-34(25(23)19-10-12-20(30)13-11-19)26(35)22(39-29)16-17-8-14-21(15-9-17)38-28(31)32/h3-16,25,28H,2H2,1H3/b22-16+/t25-/m1/s1. The number of esters is 1. The Labute approximate surface area is 224 Å². The number of hydrogen-bond acceptors (Lipinski definition) is 6. The molecule has 1 aliphatic heterocycles. The molecule has 0 bridgehead atoms. The van der Waals surface area contributed by atoms with Crippen LogP contribution in [0.25, 0.3) is 11.8 Å². The molecule has 0 saturated carbocycles. The molecular formula is C29H21F3N2O4S. The highest BCUT2D eigenvalue weighted by Crippen LogP contribution is 2.35. The molecule has 10 heteroatoms. The van der Waals surface area contributed by atoms with Crippen LogP contribution in [-0.2, 0) is 9.53 Å². The summed E-state index contributed by atoms with van der Waals surface area (Å²) in [6.07, 6.45) is 1.61. The number of alkyl halides is 2. The number of benzene rings is 3. The molecule has 1 aliphatic rings. The van der Waals surface area contributed by atoms with E-state index in [1.807, 2.05) is 18.2 Å². The van der Waals surface area contributed by atoms with Crippen LogP contribution in [0.5, 0.6) is 5.75 Å². The molecule has 5 rings (SSSR count). The van der Waals surface area contributed by atoms with Crippen molar-refractivity contribution < 1.29 is 27.4 Å². The molecule has 0 amide bonds. The summed E-state index contributed by atoms with van der Waals surface area (Å²) >= 11 is 1.12. The summed E-state index contributed by atoms with van der Waals surface area (Å²) in [5, 5.41) is 0. The van der Waals surface area contributed by atoms with E-state index in [1.54, 1.807) is 37.3 Å². The molecule has 6 nitrogen and oxygen atoms in total. The minimum Gasteiger partial charge on any atom is -0.463 e. The van der Waals surface area contributed by atoms with Gasteiger partial charge in [0, 0.05) is 5.56 Å². The molecule has 0 N–H and O–H groups in total. The highest BCUT2D eigenvalue weighted by atomic mass is 32.1. The highest BCUT2D eigenvalue weighted by Gasteiger charge is 2.35. The molecule has 0 saturated heterocycles. The number of fused-ring (bicyclic) bond motifs is 1. The number of aromatic nitrogens is 1. The summed E-state index contributed by atoms with van der Waals surface area (Å²) in [6, 6.07) is 19.5. The van der Waals surface area contributed by atoms with Gasteiger partial charge < -0.3 is 9.47 Å². The van der Waals surface area contributed by atoms with Gasteiger partial charge in [-0.2, -0.15) is 8.78 Å². The lowest BCUT2D eigenvalue weighted by Gasteiger charge is -2.25. The van der Waals surface area contributed by atoms with E-state index in [9.17, 15) is 22.8 Å². The van der Waals surface area contributed by atoms with Crippen molar-refractivity contribution in [1.29, 1.82) is 0 Å². The highest BCUT2D eigenvalue weighted by molar-refractivity contribution is 7.07. The second-order valence-electron chi connectivity index (χ2n) is 8.43. The van der Waals surface area contributed by atoms with E-state index in [1.165, 1.54) is 41.0 Å². The quantitative estimate of drug-likeness (QED) is 0.314. The lowest BCUT2D eigenvalue weighted by molar-refractivity contribution is -0.138. The Bertz CT molecular complexity index is 1710. The minimum atomic E-state index is -2.95. The van der Waals surface area contributed by atoms with Crippen molar-refractivity contribution in [3.63, 3.8) is 0 Å². The molecule has 0 fully saturated rings. The third kappa shape index (κ3) is 5.42. The van der Waals surface area contributed by atoms with Crippen LogP contribution in [0.3, 0.4) is 0 Å². The van der Waals surface area contributed by atoms with Crippen LogP contribution < -0.4 is 19.6 Å². The third-order valence-electron chi connectivity index (χ3n) is 5.96. The third-order valence-corrected chi connectivity index (χ3v) is 6.95. The van der Waals surface area contributed by atoms with Crippen LogP contribution in [0.2, 0.25) is 0 Å². The van der Waals surface area contributed by atoms with Gasteiger partial charge >= 0.3 is 12.6 Å². The minimum absolute atomic E-state index is 0.00787. The maximum Gasteiger partial charge on any atom is 0.387 e. The molecule has 1 atom stereocenters. The average molecular weight is 551 g/mol. The maximum absolute atomic E-state index is 13.8. The zero-order valence-corrected chi connectivity index (χ0v) is 21.3. The summed E-state index contributed by atoms with van der Waals surface area (Å²) < 4.78 is 50.3. The van der Waals surface area contributed by atoms with E-state index in [2.05, 4.69) is 4.74 Å². The second kappa shape index (κ2) is 11.1. The summed E-state index contributed by atoms with van der Waals surface area (Å²) in [5.41, 5.74) is 1.82. The number of halogens is 3. The van der Waals surface area contributed by atoms with Crippen molar-refractivity contribution in [2.45, 2.75) is 19.6 Å². The van der Waals surface area contributed by atoms with Gasteiger partial charge in [0.05, 0.1) is 28.5 Å². The van der Waals surface area contributed by atoms with Crippen LogP contribution in [-0.4, -0.2) is 23.8 Å². The van der Waals surface area contributed by atoms with Crippen LogP contribution in [0.1, 0.15) is 29.7 Å². The van der Waals surface area contributed by atoms with Gasteiger partial charge in [0.25, 0.3) is 5.56 Å². The van der Waals surface area contributed by atoms with Crippen molar-refractivity contribution in [3.8, 4) is 5.75 Å². The first kappa shape index (κ1) is 26.2. The van der Waals surface area contributed by atoms with Gasteiger partial charge in [-0.25, -0.2) is 14.2 Å². The number of thiazole rings is 1. The van der Waals surface area contributed by atoms with Gasteiger partial charge in [-0.3, -0.25) is 9.36 Å². The fourth-order valence-corrected chi connectivity index (χ4v) is 5.30. The van der Waals surface area contributed by atoms with Crippen LogP contribution in [0.15, 0.2) is 94.2 Å². The topological polar surface area (TPSA) is 69.9 Å².